The highest BCUT2D eigenvalue weighted by molar-refractivity contribution is 6.39. The maximum atomic E-state index is 11.9. The number of nitrogens with one attached hydrogen (secondary N) is 2. The lowest BCUT2D eigenvalue weighted by atomic mass is 10.1. The van der Waals surface area contributed by atoms with Crippen molar-refractivity contribution in [1.29, 1.82) is 0 Å². The molecule has 0 saturated carbocycles. The van der Waals surface area contributed by atoms with E-state index >= 15 is 0 Å². The number of hydrogen-bond acceptors (Lipinski definition) is 5. The highest BCUT2D eigenvalue weighted by Gasteiger charge is 2.21. The first-order chi connectivity index (χ1) is 8.58. The smallest absolute Gasteiger partial charge is 0.268 e. The third-order valence-corrected chi connectivity index (χ3v) is 2.65. The molecule has 0 radical (unpaired) electrons. The minimum atomic E-state index is -0.300. The number of nitrogens with zero attached hydrogens (tertiary/aromatic N) is 4. The van der Waals surface area contributed by atoms with E-state index < -0.39 is 0 Å². The molecule has 96 valence electrons. The summed E-state index contributed by atoms with van der Waals surface area (Å²) in [4.78, 5) is 22.8. The van der Waals surface area contributed by atoms with Gasteiger partial charge in [0, 0.05) is 19.9 Å². The van der Waals surface area contributed by atoms with E-state index in [1.807, 2.05) is 6.92 Å². The zero-order valence-electron chi connectivity index (χ0n) is 10.2. The molecular weight excluding hydrogens is 236 g/mol. The van der Waals surface area contributed by atoms with Crippen LogP contribution in [-0.4, -0.2) is 32.3 Å². The Bertz CT molecular complexity index is 506. The van der Waals surface area contributed by atoms with Crippen molar-refractivity contribution in [3.63, 3.8) is 0 Å². The first kappa shape index (κ1) is 12.2. The highest BCUT2D eigenvalue weighted by Crippen LogP contribution is 2.08. The average Bonchev–Trinajstić information content (AvgIpc) is 2.76. The first-order valence-electron chi connectivity index (χ1n) is 5.58. The quantitative estimate of drug-likeness (QED) is 0.737. The fourth-order valence-corrected chi connectivity index (χ4v) is 1.67. The van der Waals surface area contributed by atoms with Crippen LogP contribution in [0, 0.1) is 0 Å². The predicted octanol–water partition coefficient (Wildman–Crippen LogP) is -0.742. The molecule has 1 aliphatic heterocycles. The zero-order chi connectivity index (χ0) is 13.1. The van der Waals surface area contributed by atoms with Gasteiger partial charge in [-0.15, -0.1) is 10.2 Å². The number of hydrogen-bond donors (Lipinski definition) is 2. The van der Waals surface area contributed by atoms with Crippen molar-refractivity contribution in [2.24, 2.45) is 12.1 Å². The van der Waals surface area contributed by atoms with Crippen LogP contribution in [0.25, 0.3) is 0 Å². The monoisotopic (exact) mass is 250 g/mol. The van der Waals surface area contributed by atoms with Crippen molar-refractivity contribution < 1.29 is 9.59 Å². The molecule has 8 heteroatoms. The number of carbonyl (C=O) groups is 2. The van der Waals surface area contributed by atoms with Gasteiger partial charge in [-0.05, 0) is 6.92 Å². The number of aromatic nitrogens is 3. The SMILES string of the molecule is CC(NC(=O)C1=NNC(=O)CC1)c1nncn1C. The Morgan fingerprint density at radius 3 is 2.89 bits per heavy atom. The summed E-state index contributed by atoms with van der Waals surface area (Å²) in [6.45, 7) is 1.81. The lowest BCUT2D eigenvalue weighted by Crippen LogP contribution is -2.38. The third-order valence-electron chi connectivity index (χ3n) is 2.65. The van der Waals surface area contributed by atoms with Gasteiger partial charge in [0.1, 0.15) is 12.0 Å². The van der Waals surface area contributed by atoms with Crippen LogP contribution in [0.15, 0.2) is 11.4 Å². The molecule has 0 bridgehead atoms. The summed E-state index contributed by atoms with van der Waals surface area (Å²) < 4.78 is 1.73. The normalized spacial score (nSPS) is 16.8. The van der Waals surface area contributed by atoms with Crippen LogP contribution in [0.4, 0.5) is 0 Å². The Morgan fingerprint density at radius 2 is 2.33 bits per heavy atom. The van der Waals surface area contributed by atoms with E-state index in [1.54, 1.807) is 17.9 Å². The van der Waals surface area contributed by atoms with E-state index in [0.29, 0.717) is 18.0 Å². The predicted molar refractivity (Wildman–Crippen MR) is 62.4 cm³/mol. The molecule has 1 aliphatic rings. The molecule has 2 N–H and O–H groups in total. The van der Waals surface area contributed by atoms with Crippen LogP contribution in [0.3, 0.4) is 0 Å². The fraction of sp³-hybridized carbons (Fsp3) is 0.500. The number of hydrazone groups is 1. The molecule has 1 unspecified atom stereocenters. The molecule has 1 aromatic rings. The van der Waals surface area contributed by atoms with Gasteiger partial charge in [0.05, 0.1) is 6.04 Å². The summed E-state index contributed by atoms with van der Waals surface area (Å²) in [5, 5.41) is 14.2. The van der Waals surface area contributed by atoms with E-state index in [2.05, 4.69) is 26.0 Å². The Labute approximate surface area is 103 Å². The molecule has 2 rings (SSSR count). The topological polar surface area (TPSA) is 101 Å². The van der Waals surface area contributed by atoms with Gasteiger partial charge in [-0.1, -0.05) is 0 Å². The summed E-state index contributed by atoms with van der Waals surface area (Å²) >= 11 is 0. The molecule has 1 aromatic heterocycles. The van der Waals surface area contributed by atoms with Crippen molar-refractivity contribution in [3.05, 3.63) is 12.2 Å². The summed E-state index contributed by atoms with van der Waals surface area (Å²) in [7, 11) is 1.80. The molecule has 2 amide bonds. The van der Waals surface area contributed by atoms with E-state index in [-0.39, 0.29) is 24.3 Å². The molecule has 0 aromatic carbocycles. The molecule has 18 heavy (non-hydrogen) atoms. The number of rotatable bonds is 3. The van der Waals surface area contributed by atoms with Crippen molar-refractivity contribution in [3.8, 4) is 0 Å². The largest absolute Gasteiger partial charge is 0.341 e. The molecule has 0 aliphatic carbocycles. The highest BCUT2D eigenvalue weighted by atomic mass is 16.2. The van der Waals surface area contributed by atoms with E-state index in [0.717, 1.165) is 0 Å². The molecule has 0 saturated heterocycles. The zero-order valence-corrected chi connectivity index (χ0v) is 10.2. The van der Waals surface area contributed by atoms with Crippen LogP contribution < -0.4 is 10.7 Å². The van der Waals surface area contributed by atoms with Gasteiger partial charge in [-0.3, -0.25) is 9.59 Å². The van der Waals surface area contributed by atoms with E-state index in [4.69, 9.17) is 0 Å². The van der Waals surface area contributed by atoms with Gasteiger partial charge in [-0.25, -0.2) is 5.43 Å². The van der Waals surface area contributed by atoms with Crippen molar-refractivity contribution in [1.82, 2.24) is 25.5 Å². The van der Waals surface area contributed by atoms with Gasteiger partial charge in [0.15, 0.2) is 5.82 Å². The summed E-state index contributed by atoms with van der Waals surface area (Å²) in [5.41, 5.74) is 2.61. The van der Waals surface area contributed by atoms with Crippen molar-refractivity contribution in [2.45, 2.75) is 25.8 Å². The average molecular weight is 250 g/mol. The molecule has 0 spiro atoms. The Morgan fingerprint density at radius 1 is 1.56 bits per heavy atom. The standard InChI is InChI=1S/C10H14N6O2/c1-6(9-15-11-5-16(9)2)12-10(18)7-3-4-8(17)14-13-7/h5-6H,3-4H2,1-2H3,(H,12,18)(H,14,17). The maximum absolute atomic E-state index is 11.9. The van der Waals surface area contributed by atoms with Crippen LogP contribution >= 0.6 is 0 Å². The summed E-state index contributed by atoms with van der Waals surface area (Å²) in [6.07, 6.45) is 2.20. The Balaban J connectivity index is 2.00. The van der Waals surface area contributed by atoms with Crippen LogP contribution in [0.1, 0.15) is 31.6 Å². The second kappa shape index (κ2) is 4.94. The summed E-state index contributed by atoms with van der Waals surface area (Å²) in [6, 6.07) is -0.273. The number of carbonyl (C=O) groups excluding carboxylic acids is 2. The van der Waals surface area contributed by atoms with Gasteiger partial charge < -0.3 is 9.88 Å². The number of aryl methyl sites for hydroxylation is 1. The second-order valence-electron chi connectivity index (χ2n) is 4.09. The number of amides is 2. The Kier molecular flexibility index (Phi) is 3.35. The van der Waals surface area contributed by atoms with Gasteiger partial charge in [0.2, 0.25) is 5.91 Å². The molecule has 0 fully saturated rings. The molecular formula is C10H14N6O2. The minimum absolute atomic E-state index is 0.173. The first-order valence-corrected chi connectivity index (χ1v) is 5.58. The van der Waals surface area contributed by atoms with Gasteiger partial charge >= 0.3 is 0 Å². The van der Waals surface area contributed by atoms with Crippen LogP contribution in [-0.2, 0) is 16.6 Å². The lowest BCUT2D eigenvalue weighted by molar-refractivity contribution is -0.121. The minimum Gasteiger partial charge on any atom is -0.341 e. The molecule has 1 atom stereocenters. The van der Waals surface area contributed by atoms with E-state index in [9.17, 15) is 9.59 Å². The van der Waals surface area contributed by atoms with Crippen LogP contribution in [0.2, 0.25) is 0 Å². The van der Waals surface area contributed by atoms with Gasteiger partial charge in [-0.2, -0.15) is 5.10 Å². The van der Waals surface area contributed by atoms with Crippen molar-refractivity contribution in [2.75, 3.05) is 0 Å². The maximum Gasteiger partial charge on any atom is 0.268 e. The Hall–Kier alpha value is -2.25. The fourth-order valence-electron chi connectivity index (χ4n) is 1.67. The van der Waals surface area contributed by atoms with E-state index in [1.165, 1.54) is 0 Å². The summed E-state index contributed by atoms with van der Waals surface area (Å²) in [5.74, 6) is 0.183. The third kappa shape index (κ3) is 2.53. The van der Waals surface area contributed by atoms with Crippen molar-refractivity contribution >= 4 is 17.5 Å². The molecule has 2 heterocycles. The second-order valence-corrected chi connectivity index (χ2v) is 4.09. The molecule has 8 nitrogen and oxygen atoms in total. The van der Waals surface area contributed by atoms with Crippen LogP contribution in [0.5, 0.6) is 0 Å². The van der Waals surface area contributed by atoms with Gasteiger partial charge in [0.25, 0.3) is 5.91 Å². The lowest BCUT2D eigenvalue weighted by Gasteiger charge is -2.15.